The van der Waals surface area contributed by atoms with Gasteiger partial charge in [0.1, 0.15) is 0 Å². The normalized spacial score (nSPS) is 34.9. The van der Waals surface area contributed by atoms with E-state index in [4.69, 9.17) is 10.5 Å². The molecule has 0 aromatic rings. The average Bonchev–Trinajstić information content (AvgIpc) is 2.89. The molecule has 2 rings (SSSR count). The molecule has 2 fully saturated rings. The van der Waals surface area contributed by atoms with Gasteiger partial charge >= 0.3 is 0 Å². The average molecular weight is 268 g/mol. The van der Waals surface area contributed by atoms with E-state index < -0.39 is 0 Å². The molecule has 19 heavy (non-hydrogen) atoms. The van der Waals surface area contributed by atoms with Crippen LogP contribution in [0.4, 0.5) is 0 Å². The van der Waals surface area contributed by atoms with Gasteiger partial charge < -0.3 is 10.5 Å². The maximum Gasteiger partial charge on any atom is 0.0703 e. The highest BCUT2D eigenvalue weighted by molar-refractivity contribution is 5.05. The number of hydrogen-bond acceptors (Lipinski definition) is 3. The summed E-state index contributed by atoms with van der Waals surface area (Å²) in [4.78, 5) is 2.64. The summed E-state index contributed by atoms with van der Waals surface area (Å²) >= 11 is 0. The molecule has 2 aliphatic rings. The Bertz CT molecular complexity index is 286. The van der Waals surface area contributed by atoms with Crippen molar-refractivity contribution in [2.75, 3.05) is 26.2 Å². The molecular formula is C16H32N2O. The monoisotopic (exact) mass is 268 g/mol. The fraction of sp³-hybridized carbons (Fsp3) is 1.00. The van der Waals surface area contributed by atoms with Crippen molar-refractivity contribution in [2.24, 2.45) is 11.1 Å². The van der Waals surface area contributed by atoms with Crippen molar-refractivity contribution in [3.05, 3.63) is 0 Å². The molecule has 1 aliphatic heterocycles. The number of hydrogen-bond donors (Lipinski definition) is 1. The topological polar surface area (TPSA) is 38.5 Å². The van der Waals surface area contributed by atoms with E-state index in [0.717, 1.165) is 26.2 Å². The molecule has 112 valence electrons. The molecule has 1 heterocycles. The van der Waals surface area contributed by atoms with Gasteiger partial charge in [-0.05, 0) is 37.6 Å². The number of rotatable bonds is 5. The third-order valence-electron chi connectivity index (χ3n) is 5.67. The number of nitrogens with two attached hydrogens (primary N) is 1. The van der Waals surface area contributed by atoms with Gasteiger partial charge in [-0.15, -0.1) is 0 Å². The van der Waals surface area contributed by atoms with Gasteiger partial charge in [-0.3, -0.25) is 4.90 Å². The molecule has 2 atom stereocenters. The molecule has 1 saturated carbocycles. The Kier molecular flexibility index (Phi) is 4.91. The largest absolute Gasteiger partial charge is 0.377 e. The highest BCUT2D eigenvalue weighted by Gasteiger charge is 2.49. The van der Waals surface area contributed by atoms with Gasteiger partial charge in [-0.2, -0.15) is 0 Å². The van der Waals surface area contributed by atoms with Crippen LogP contribution in [0.25, 0.3) is 0 Å². The lowest BCUT2D eigenvalue weighted by Crippen LogP contribution is -2.64. The summed E-state index contributed by atoms with van der Waals surface area (Å²) in [6.07, 6.45) is 8.10. The lowest BCUT2D eigenvalue weighted by atomic mass is 9.62. The highest BCUT2D eigenvalue weighted by Crippen LogP contribution is 2.47. The van der Waals surface area contributed by atoms with Crippen molar-refractivity contribution < 1.29 is 4.74 Å². The standard InChI is InChI=1S/C16H32N2O/c1-4-18(12-14-8-7-11-19-14)16(13-17)10-6-5-9-15(16,2)3/h14H,4-13,17H2,1-3H3. The second-order valence-corrected chi connectivity index (χ2v) is 7.00. The second kappa shape index (κ2) is 6.11. The zero-order valence-corrected chi connectivity index (χ0v) is 13.1. The molecule has 0 amide bonds. The van der Waals surface area contributed by atoms with Crippen LogP contribution in [0.3, 0.4) is 0 Å². The summed E-state index contributed by atoms with van der Waals surface area (Å²) in [6, 6.07) is 0. The van der Waals surface area contributed by atoms with Gasteiger partial charge in [0.15, 0.2) is 0 Å². The first kappa shape index (κ1) is 15.3. The molecule has 1 saturated heterocycles. The van der Waals surface area contributed by atoms with Crippen LogP contribution in [-0.4, -0.2) is 42.8 Å². The summed E-state index contributed by atoms with van der Waals surface area (Å²) in [5.74, 6) is 0. The Hall–Kier alpha value is -0.120. The van der Waals surface area contributed by atoms with Crippen molar-refractivity contribution >= 4 is 0 Å². The van der Waals surface area contributed by atoms with Crippen LogP contribution in [0.5, 0.6) is 0 Å². The van der Waals surface area contributed by atoms with Crippen molar-refractivity contribution in [1.29, 1.82) is 0 Å². The summed E-state index contributed by atoms with van der Waals surface area (Å²) in [5.41, 5.74) is 6.77. The molecule has 0 spiro atoms. The van der Waals surface area contributed by atoms with Crippen LogP contribution < -0.4 is 5.73 Å². The quantitative estimate of drug-likeness (QED) is 0.833. The van der Waals surface area contributed by atoms with Crippen LogP contribution in [0.1, 0.15) is 59.3 Å². The van der Waals surface area contributed by atoms with Crippen LogP contribution in [0.2, 0.25) is 0 Å². The Morgan fingerprint density at radius 3 is 2.47 bits per heavy atom. The van der Waals surface area contributed by atoms with E-state index in [1.54, 1.807) is 0 Å². The molecule has 2 N–H and O–H groups in total. The van der Waals surface area contributed by atoms with Crippen molar-refractivity contribution in [1.82, 2.24) is 4.90 Å². The van der Waals surface area contributed by atoms with E-state index in [0.29, 0.717) is 11.5 Å². The Labute approximate surface area is 118 Å². The van der Waals surface area contributed by atoms with E-state index in [9.17, 15) is 0 Å². The van der Waals surface area contributed by atoms with E-state index in [1.807, 2.05) is 0 Å². The van der Waals surface area contributed by atoms with Crippen molar-refractivity contribution in [2.45, 2.75) is 70.9 Å². The van der Waals surface area contributed by atoms with E-state index in [1.165, 1.54) is 38.5 Å². The molecule has 0 aromatic carbocycles. The molecule has 3 nitrogen and oxygen atoms in total. The Balaban J connectivity index is 2.15. The Morgan fingerprint density at radius 1 is 1.21 bits per heavy atom. The number of nitrogens with zero attached hydrogens (tertiary/aromatic N) is 1. The van der Waals surface area contributed by atoms with Gasteiger partial charge in [0.25, 0.3) is 0 Å². The molecule has 1 aliphatic carbocycles. The van der Waals surface area contributed by atoms with Crippen LogP contribution in [0.15, 0.2) is 0 Å². The van der Waals surface area contributed by atoms with Crippen LogP contribution in [0, 0.1) is 5.41 Å². The maximum absolute atomic E-state index is 6.28. The molecule has 0 bridgehead atoms. The van der Waals surface area contributed by atoms with Crippen LogP contribution in [-0.2, 0) is 4.74 Å². The Morgan fingerprint density at radius 2 is 1.95 bits per heavy atom. The van der Waals surface area contributed by atoms with Gasteiger partial charge in [0.05, 0.1) is 6.10 Å². The molecular weight excluding hydrogens is 236 g/mol. The summed E-state index contributed by atoms with van der Waals surface area (Å²) in [6.45, 7) is 11.0. The zero-order valence-electron chi connectivity index (χ0n) is 13.1. The first-order valence-electron chi connectivity index (χ1n) is 8.12. The number of ether oxygens (including phenoxy) is 1. The van der Waals surface area contributed by atoms with E-state index in [2.05, 4.69) is 25.7 Å². The first-order chi connectivity index (χ1) is 9.05. The summed E-state index contributed by atoms with van der Waals surface area (Å²) < 4.78 is 5.85. The van der Waals surface area contributed by atoms with E-state index >= 15 is 0 Å². The lowest BCUT2D eigenvalue weighted by Gasteiger charge is -2.56. The number of likely N-dealkylation sites (N-methyl/N-ethyl adjacent to an activating group) is 1. The summed E-state index contributed by atoms with van der Waals surface area (Å²) in [7, 11) is 0. The van der Waals surface area contributed by atoms with Gasteiger partial charge in [-0.1, -0.05) is 33.6 Å². The first-order valence-corrected chi connectivity index (χ1v) is 8.12. The maximum atomic E-state index is 6.28. The van der Waals surface area contributed by atoms with Crippen LogP contribution >= 0.6 is 0 Å². The van der Waals surface area contributed by atoms with Gasteiger partial charge in [-0.25, -0.2) is 0 Å². The fourth-order valence-electron chi connectivity index (χ4n) is 4.29. The minimum absolute atomic E-state index is 0.173. The smallest absolute Gasteiger partial charge is 0.0703 e. The molecule has 2 unspecified atom stereocenters. The fourth-order valence-corrected chi connectivity index (χ4v) is 4.29. The predicted octanol–water partition coefficient (Wildman–Crippen LogP) is 2.79. The molecule has 3 heteroatoms. The van der Waals surface area contributed by atoms with E-state index in [-0.39, 0.29) is 5.54 Å². The molecule has 0 radical (unpaired) electrons. The highest BCUT2D eigenvalue weighted by atomic mass is 16.5. The lowest BCUT2D eigenvalue weighted by molar-refractivity contribution is -0.0624. The summed E-state index contributed by atoms with van der Waals surface area (Å²) in [5, 5.41) is 0. The predicted molar refractivity (Wildman–Crippen MR) is 80.3 cm³/mol. The third kappa shape index (κ3) is 2.84. The van der Waals surface area contributed by atoms with Gasteiger partial charge in [0, 0.05) is 25.2 Å². The second-order valence-electron chi connectivity index (χ2n) is 7.00. The van der Waals surface area contributed by atoms with Crippen molar-refractivity contribution in [3.8, 4) is 0 Å². The minimum Gasteiger partial charge on any atom is -0.377 e. The van der Waals surface area contributed by atoms with Gasteiger partial charge in [0.2, 0.25) is 0 Å². The van der Waals surface area contributed by atoms with Crippen molar-refractivity contribution in [3.63, 3.8) is 0 Å². The zero-order chi connectivity index (χ0) is 13.9. The minimum atomic E-state index is 0.173. The third-order valence-corrected chi connectivity index (χ3v) is 5.67. The molecule has 0 aromatic heterocycles. The SMILES string of the molecule is CCN(CC1CCCO1)C1(CN)CCCCC1(C)C.